The second-order valence-corrected chi connectivity index (χ2v) is 4.37. The van der Waals surface area contributed by atoms with Gasteiger partial charge in [-0.05, 0) is 53.3 Å². The zero-order valence-electron chi connectivity index (χ0n) is 9.12. The first-order chi connectivity index (χ1) is 7.17. The Labute approximate surface area is 104 Å². The summed E-state index contributed by atoms with van der Waals surface area (Å²) in [5, 5.41) is 0. The fourth-order valence-electron chi connectivity index (χ4n) is 1.16. The molecule has 0 aliphatic rings. The van der Waals surface area contributed by atoms with Gasteiger partial charge in [-0.2, -0.15) is 0 Å². The van der Waals surface area contributed by atoms with Crippen molar-refractivity contribution in [3.05, 3.63) is 27.3 Å². The van der Waals surface area contributed by atoms with E-state index in [-0.39, 0.29) is 6.29 Å². The average molecular weight is 322 g/mol. The Balaban J connectivity index is 2.57. The lowest BCUT2D eigenvalue weighted by molar-refractivity contribution is -0.122. The van der Waals surface area contributed by atoms with Crippen LogP contribution in [0.4, 0.5) is 0 Å². The first-order valence-corrected chi connectivity index (χ1v) is 5.69. The van der Waals surface area contributed by atoms with Gasteiger partial charge in [-0.3, -0.25) is 0 Å². The minimum absolute atomic E-state index is 0.316. The fourth-order valence-corrected chi connectivity index (χ4v) is 1.81. The van der Waals surface area contributed by atoms with Gasteiger partial charge in [0.15, 0.2) is 6.29 Å². The third-order valence-electron chi connectivity index (χ3n) is 2.04. The molecule has 0 aliphatic heterocycles. The van der Waals surface area contributed by atoms with Crippen LogP contribution in [0.2, 0.25) is 0 Å². The van der Waals surface area contributed by atoms with E-state index in [1.54, 1.807) is 14.2 Å². The summed E-state index contributed by atoms with van der Waals surface area (Å²) in [5.74, 6) is 0.870. The van der Waals surface area contributed by atoms with E-state index in [2.05, 4.69) is 28.7 Å². The molecule has 0 N–H and O–H groups in total. The van der Waals surface area contributed by atoms with Crippen molar-refractivity contribution in [2.24, 2.45) is 0 Å². The van der Waals surface area contributed by atoms with E-state index in [1.807, 2.05) is 19.1 Å². The fraction of sp³-hybridized carbons (Fsp3) is 0.455. The maximum Gasteiger partial charge on any atom is 0.191 e. The SMILES string of the molecule is COC(COc1ccc(I)cc1C)OC. The molecule has 1 rings (SSSR count). The Hall–Kier alpha value is -0.330. The van der Waals surface area contributed by atoms with Crippen molar-refractivity contribution >= 4 is 22.6 Å². The Morgan fingerprint density at radius 3 is 2.47 bits per heavy atom. The molecule has 0 saturated carbocycles. The molecule has 0 unspecified atom stereocenters. The van der Waals surface area contributed by atoms with E-state index < -0.39 is 0 Å². The van der Waals surface area contributed by atoms with Gasteiger partial charge in [-0.25, -0.2) is 0 Å². The number of rotatable bonds is 5. The summed E-state index contributed by atoms with van der Waals surface area (Å²) >= 11 is 2.27. The lowest BCUT2D eigenvalue weighted by Crippen LogP contribution is -2.22. The zero-order valence-corrected chi connectivity index (χ0v) is 11.3. The van der Waals surface area contributed by atoms with Gasteiger partial charge in [0.25, 0.3) is 0 Å². The molecular weight excluding hydrogens is 307 g/mol. The topological polar surface area (TPSA) is 27.7 Å². The second-order valence-electron chi connectivity index (χ2n) is 3.12. The summed E-state index contributed by atoms with van der Waals surface area (Å²) in [6.45, 7) is 2.42. The van der Waals surface area contributed by atoms with E-state index in [1.165, 1.54) is 3.57 Å². The predicted octanol–water partition coefficient (Wildman–Crippen LogP) is 2.60. The van der Waals surface area contributed by atoms with E-state index in [0.29, 0.717) is 6.61 Å². The van der Waals surface area contributed by atoms with E-state index in [0.717, 1.165) is 11.3 Å². The standard InChI is InChI=1S/C11H15IO3/c1-8-6-9(12)4-5-10(8)15-7-11(13-2)14-3/h4-6,11H,7H2,1-3H3. The van der Waals surface area contributed by atoms with Crippen molar-refractivity contribution in [2.75, 3.05) is 20.8 Å². The number of ether oxygens (including phenoxy) is 3. The number of methoxy groups -OCH3 is 2. The van der Waals surface area contributed by atoms with Crippen LogP contribution in [0.5, 0.6) is 5.75 Å². The Morgan fingerprint density at radius 2 is 1.93 bits per heavy atom. The monoisotopic (exact) mass is 322 g/mol. The lowest BCUT2D eigenvalue weighted by Gasteiger charge is -2.15. The lowest BCUT2D eigenvalue weighted by atomic mass is 10.2. The highest BCUT2D eigenvalue weighted by molar-refractivity contribution is 14.1. The summed E-state index contributed by atoms with van der Waals surface area (Å²) in [4.78, 5) is 0. The quantitative estimate of drug-likeness (QED) is 0.616. The van der Waals surface area contributed by atoms with Gasteiger partial charge in [0.05, 0.1) is 0 Å². The second kappa shape index (κ2) is 6.30. The number of aryl methyl sites for hydroxylation is 1. The predicted molar refractivity (Wildman–Crippen MR) is 67.2 cm³/mol. The van der Waals surface area contributed by atoms with Crippen LogP contribution >= 0.6 is 22.6 Å². The molecule has 0 saturated heterocycles. The minimum atomic E-state index is -0.316. The zero-order chi connectivity index (χ0) is 11.3. The van der Waals surface area contributed by atoms with E-state index >= 15 is 0 Å². The maximum atomic E-state index is 5.58. The number of benzene rings is 1. The van der Waals surface area contributed by atoms with Gasteiger partial charge in [-0.15, -0.1) is 0 Å². The average Bonchev–Trinajstić information content (AvgIpc) is 2.22. The Bertz CT molecular complexity index is 311. The van der Waals surface area contributed by atoms with Crippen LogP contribution < -0.4 is 4.74 Å². The van der Waals surface area contributed by atoms with Crippen molar-refractivity contribution in [1.29, 1.82) is 0 Å². The Morgan fingerprint density at radius 1 is 1.27 bits per heavy atom. The first kappa shape index (κ1) is 12.7. The summed E-state index contributed by atoms with van der Waals surface area (Å²) in [5.41, 5.74) is 1.12. The molecule has 15 heavy (non-hydrogen) atoms. The van der Waals surface area contributed by atoms with E-state index in [4.69, 9.17) is 14.2 Å². The molecule has 0 spiro atoms. The molecule has 0 atom stereocenters. The molecule has 4 heteroatoms. The van der Waals surface area contributed by atoms with Crippen LogP contribution in [0, 0.1) is 10.5 Å². The van der Waals surface area contributed by atoms with E-state index in [9.17, 15) is 0 Å². The molecule has 1 aromatic rings. The van der Waals surface area contributed by atoms with Crippen molar-refractivity contribution in [2.45, 2.75) is 13.2 Å². The molecule has 0 amide bonds. The highest BCUT2D eigenvalue weighted by atomic mass is 127. The largest absolute Gasteiger partial charge is 0.488 e. The van der Waals surface area contributed by atoms with Gasteiger partial charge in [0, 0.05) is 17.8 Å². The maximum absolute atomic E-state index is 5.58. The summed E-state index contributed by atoms with van der Waals surface area (Å²) in [6, 6.07) is 6.04. The Kier molecular flexibility index (Phi) is 5.35. The van der Waals surface area contributed by atoms with Crippen LogP contribution in [0.1, 0.15) is 5.56 Å². The summed E-state index contributed by atoms with van der Waals surface area (Å²) < 4.78 is 16.9. The number of halogens is 1. The van der Waals surface area contributed by atoms with Crippen molar-refractivity contribution < 1.29 is 14.2 Å². The molecule has 0 fully saturated rings. The van der Waals surface area contributed by atoms with Crippen LogP contribution in [0.3, 0.4) is 0 Å². The third-order valence-corrected chi connectivity index (χ3v) is 2.71. The van der Waals surface area contributed by atoms with Gasteiger partial charge in [0.2, 0.25) is 0 Å². The molecule has 0 aliphatic carbocycles. The normalized spacial score (nSPS) is 10.7. The van der Waals surface area contributed by atoms with Crippen LogP contribution in [0.15, 0.2) is 18.2 Å². The van der Waals surface area contributed by atoms with Crippen LogP contribution in [0.25, 0.3) is 0 Å². The van der Waals surface area contributed by atoms with Gasteiger partial charge in [0.1, 0.15) is 12.4 Å². The van der Waals surface area contributed by atoms with Crippen LogP contribution in [-0.2, 0) is 9.47 Å². The van der Waals surface area contributed by atoms with Crippen molar-refractivity contribution in [3.63, 3.8) is 0 Å². The molecule has 1 aromatic carbocycles. The third kappa shape index (κ3) is 3.96. The highest BCUT2D eigenvalue weighted by Crippen LogP contribution is 2.20. The summed E-state index contributed by atoms with van der Waals surface area (Å²) in [7, 11) is 3.19. The van der Waals surface area contributed by atoms with Crippen molar-refractivity contribution in [1.82, 2.24) is 0 Å². The number of hydrogen-bond donors (Lipinski definition) is 0. The smallest absolute Gasteiger partial charge is 0.191 e. The molecule has 84 valence electrons. The minimum Gasteiger partial charge on any atom is -0.488 e. The highest BCUT2D eigenvalue weighted by Gasteiger charge is 2.07. The molecule has 3 nitrogen and oxygen atoms in total. The number of hydrogen-bond acceptors (Lipinski definition) is 3. The van der Waals surface area contributed by atoms with Gasteiger partial charge >= 0.3 is 0 Å². The molecule has 0 bridgehead atoms. The van der Waals surface area contributed by atoms with Crippen LogP contribution in [-0.4, -0.2) is 27.1 Å². The molecule has 0 heterocycles. The first-order valence-electron chi connectivity index (χ1n) is 4.62. The molecular formula is C11H15IO3. The molecule has 0 aromatic heterocycles. The summed E-state index contributed by atoms with van der Waals surface area (Å²) in [6.07, 6.45) is -0.316. The van der Waals surface area contributed by atoms with Gasteiger partial charge in [-0.1, -0.05) is 0 Å². The van der Waals surface area contributed by atoms with Gasteiger partial charge < -0.3 is 14.2 Å². The molecule has 0 radical (unpaired) electrons. The van der Waals surface area contributed by atoms with Crippen molar-refractivity contribution in [3.8, 4) is 5.75 Å².